The molecule has 1 heterocycles. The number of ketones is 1. The molecule has 7 heteroatoms. The minimum absolute atomic E-state index is 0.00826. The second-order valence-corrected chi connectivity index (χ2v) is 7.91. The molecule has 1 unspecified atom stereocenters. The van der Waals surface area contributed by atoms with E-state index < -0.39 is 23.5 Å². The number of halogens is 1. The summed E-state index contributed by atoms with van der Waals surface area (Å²) in [6.07, 6.45) is 0. The number of ether oxygens (including phenoxy) is 1. The average molecular weight is 427 g/mol. The van der Waals surface area contributed by atoms with Crippen LogP contribution in [0.15, 0.2) is 48.0 Å². The van der Waals surface area contributed by atoms with Gasteiger partial charge in [0.25, 0.3) is 11.7 Å². The molecule has 2 aromatic carbocycles. The van der Waals surface area contributed by atoms with Crippen LogP contribution in [0.3, 0.4) is 0 Å². The number of Topliss-reactive ketones (excluding diaryl/α,β-unsaturated/α-hetero) is 1. The Hall–Kier alpha value is -3.19. The first kappa shape index (κ1) is 22.5. The number of likely N-dealkylation sites (N-methyl/N-ethyl adjacent to an activating group) is 1. The summed E-state index contributed by atoms with van der Waals surface area (Å²) in [4.78, 5) is 28.4. The predicted molar refractivity (Wildman–Crippen MR) is 115 cm³/mol. The number of quaternary nitrogens is 1. The molecule has 2 N–H and O–H groups in total. The van der Waals surface area contributed by atoms with E-state index in [-0.39, 0.29) is 11.3 Å². The minimum Gasteiger partial charge on any atom is -0.507 e. The Balaban J connectivity index is 2.12. The zero-order valence-corrected chi connectivity index (χ0v) is 18.2. The van der Waals surface area contributed by atoms with E-state index in [1.165, 1.54) is 29.2 Å². The third kappa shape index (κ3) is 4.61. The van der Waals surface area contributed by atoms with Crippen LogP contribution in [0.25, 0.3) is 5.76 Å². The maximum atomic E-state index is 13.5. The molecular formula is C24H28FN2O4+. The third-order valence-electron chi connectivity index (χ3n) is 5.33. The standard InChI is InChI=1S/C24H27FN2O4/c1-5-31-19-11-8-17(14-15(19)2)22(28)20-21(16-6-9-18(25)10-7-16)27(13-12-26(3)4)24(30)23(20)29/h6-11,14,21,28H,5,12-13H2,1-4H3/p+1. The monoisotopic (exact) mass is 427 g/mol. The number of aryl methyl sites for hydroxylation is 1. The number of aliphatic hydroxyl groups is 1. The van der Waals surface area contributed by atoms with Crippen LogP contribution in [0.5, 0.6) is 5.75 Å². The first-order valence-electron chi connectivity index (χ1n) is 10.3. The van der Waals surface area contributed by atoms with Crippen molar-refractivity contribution >= 4 is 17.4 Å². The van der Waals surface area contributed by atoms with Crippen LogP contribution in [-0.4, -0.2) is 55.5 Å². The van der Waals surface area contributed by atoms with Crippen molar-refractivity contribution in [2.45, 2.75) is 19.9 Å². The van der Waals surface area contributed by atoms with Crippen molar-refractivity contribution in [3.05, 3.63) is 70.5 Å². The highest BCUT2D eigenvalue weighted by Crippen LogP contribution is 2.39. The molecule has 0 aromatic heterocycles. The van der Waals surface area contributed by atoms with Crippen molar-refractivity contribution in [3.8, 4) is 5.75 Å². The number of rotatable bonds is 7. The summed E-state index contributed by atoms with van der Waals surface area (Å²) < 4.78 is 19.1. The maximum Gasteiger partial charge on any atom is 0.295 e. The number of hydrogen-bond donors (Lipinski definition) is 2. The van der Waals surface area contributed by atoms with Gasteiger partial charge in [-0.15, -0.1) is 0 Å². The molecule has 31 heavy (non-hydrogen) atoms. The summed E-state index contributed by atoms with van der Waals surface area (Å²) in [7, 11) is 3.90. The Kier molecular flexibility index (Phi) is 6.75. The van der Waals surface area contributed by atoms with Crippen molar-refractivity contribution < 1.29 is 28.7 Å². The number of carbonyl (C=O) groups excluding carboxylic acids is 2. The zero-order chi connectivity index (χ0) is 22.7. The lowest BCUT2D eigenvalue weighted by atomic mass is 9.94. The fourth-order valence-electron chi connectivity index (χ4n) is 3.72. The van der Waals surface area contributed by atoms with Gasteiger partial charge in [-0.25, -0.2) is 4.39 Å². The lowest BCUT2D eigenvalue weighted by molar-refractivity contribution is -0.857. The SMILES string of the molecule is CCOc1ccc(C(O)=C2C(=O)C(=O)N(CC[NH+](C)C)C2c2ccc(F)cc2)cc1C. The van der Waals surface area contributed by atoms with E-state index >= 15 is 0 Å². The van der Waals surface area contributed by atoms with Crippen LogP contribution in [0.4, 0.5) is 4.39 Å². The quantitative estimate of drug-likeness (QED) is 0.403. The molecule has 0 spiro atoms. The number of hydrogen-bond acceptors (Lipinski definition) is 4. The van der Waals surface area contributed by atoms with Crippen molar-refractivity contribution in [1.29, 1.82) is 0 Å². The van der Waals surface area contributed by atoms with Gasteiger partial charge in [0.15, 0.2) is 0 Å². The van der Waals surface area contributed by atoms with Gasteiger partial charge >= 0.3 is 0 Å². The second-order valence-electron chi connectivity index (χ2n) is 7.91. The summed E-state index contributed by atoms with van der Waals surface area (Å²) in [5.41, 5.74) is 1.80. The van der Waals surface area contributed by atoms with Gasteiger partial charge in [0, 0.05) is 5.56 Å². The molecule has 0 radical (unpaired) electrons. The summed E-state index contributed by atoms with van der Waals surface area (Å²) in [5, 5.41) is 11.1. The number of benzene rings is 2. The highest BCUT2D eigenvalue weighted by molar-refractivity contribution is 6.46. The highest BCUT2D eigenvalue weighted by atomic mass is 19.1. The first-order valence-corrected chi connectivity index (χ1v) is 10.3. The van der Waals surface area contributed by atoms with Gasteiger partial charge in [-0.3, -0.25) is 9.59 Å². The van der Waals surface area contributed by atoms with Gasteiger partial charge in [-0.1, -0.05) is 12.1 Å². The fraction of sp³-hybridized carbons (Fsp3) is 0.333. The van der Waals surface area contributed by atoms with E-state index in [1.54, 1.807) is 18.2 Å². The smallest absolute Gasteiger partial charge is 0.295 e. The van der Waals surface area contributed by atoms with Crippen molar-refractivity contribution in [1.82, 2.24) is 4.90 Å². The van der Waals surface area contributed by atoms with Gasteiger partial charge < -0.3 is 19.6 Å². The van der Waals surface area contributed by atoms with E-state index in [1.807, 2.05) is 27.9 Å². The number of carbonyl (C=O) groups is 2. The molecule has 1 aliphatic rings. The summed E-state index contributed by atoms with van der Waals surface area (Å²) >= 11 is 0. The van der Waals surface area contributed by atoms with Gasteiger partial charge in [0.05, 0.1) is 45.4 Å². The van der Waals surface area contributed by atoms with Gasteiger partial charge in [-0.2, -0.15) is 0 Å². The Bertz CT molecular complexity index is 1010. The van der Waals surface area contributed by atoms with Crippen molar-refractivity contribution in [2.24, 2.45) is 0 Å². The molecule has 1 fully saturated rings. The van der Waals surface area contributed by atoms with Crippen LogP contribution >= 0.6 is 0 Å². The lowest BCUT2D eigenvalue weighted by Crippen LogP contribution is -3.06. The Morgan fingerprint density at radius 1 is 1.16 bits per heavy atom. The Labute approximate surface area is 181 Å². The summed E-state index contributed by atoms with van der Waals surface area (Å²) in [5.74, 6) is -1.39. The Morgan fingerprint density at radius 2 is 1.84 bits per heavy atom. The van der Waals surface area contributed by atoms with E-state index in [4.69, 9.17) is 4.74 Å². The molecule has 0 aliphatic carbocycles. The number of likely N-dealkylation sites (tertiary alicyclic amines) is 1. The van der Waals surface area contributed by atoms with Crippen LogP contribution < -0.4 is 9.64 Å². The largest absolute Gasteiger partial charge is 0.507 e. The van der Waals surface area contributed by atoms with Crippen LogP contribution in [0.2, 0.25) is 0 Å². The molecule has 1 amide bonds. The molecule has 164 valence electrons. The Morgan fingerprint density at radius 3 is 2.42 bits per heavy atom. The average Bonchev–Trinajstić information content (AvgIpc) is 2.98. The second kappa shape index (κ2) is 9.31. The number of nitrogens with one attached hydrogen (secondary N) is 1. The topological polar surface area (TPSA) is 71.3 Å². The molecule has 1 aliphatic heterocycles. The zero-order valence-electron chi connectivity index (χ0n) is 18.2. The molecule has 6 nitrogen and oxygen atoms in total. The normalized spacial score (nSPS) is 18.1. The number of amides is 1. The molecule has 0 bridgehead atoms. The minimum atomic E-state index is -0.785. The summed E-state index contributed by atoms with van der Waals surface area (Å²) in [6, 6.07) is 9.97. The fourth-order valence-corrected chi connectivity index (χ4v) is 3.72. The van der Waals surface area contributed by atoms with E-state index in [2.05, 4.69) is 0 Å². The molecule has 3 rings (SSSR count). The van der Waals surface area contributed by atoms with Crippen LogP contribution in [-0.2, 0) is 9.59 Å². The van der Waals surface area contributed by atoms with E-state index in [0.717, 1.165) is 10.5 Å². The predicted octanol–water partition coefficient (Wildman–Crippen LogP) is 2.10. The highest BCUT2D eigenvalue weighted by Gasteiger charge is 2.46. The van der Waals surface area contributed by atoms with Gasteiger partial charge in [0.1, 0.15) is 17.3 Å². The van der Waals surface area contributed by atoms with Crippen LogP contribution in [0, 0.1) is 12.7 Å². The van der Waals surface area contributed by atoms with Gasteiger partial charge in [-0.05, 0) is 55.3 Å². The first-order chi connectivity index (χ1) is 14.7. The maximum absolute atomic E-state index is 13.5. The number of nitrogens with zero attached hydrogens (tertiary/aromatic N) is 1. The molecule has 2 aromatic rings. The molecule has 1 atom stereocenters. The molecule has 0 saturated carbocycles. The lowest BCUT2D eigenvalue weighted by Gasteiger charge is -2.25. The number of aliphatic hydroxyl groups excluding tert-OH is 1. The van der Waals surface area contributed by atoms with Crippen LogP contribution in [0.1, 0.15) is 29.7 Å². The van der Waals surface area contributed by atoms with E-state index in [0.29, 0.717) is 36.6 Å². The molecular weight excluding hydrogens is 399 g/mol. The van der Waals surface area contributed by atoms with Crippen molar-refractivity contribution in [3.63, 3.8) is 0 Å². The molecule has 1 saturated heterocycles. The third-order valence-corrected chi connectivity index (χ3v) is 5.33. The van der Waals surface area contributed by atoms with Gasteiger partial charge in [0.2, 0.25) is 0 Å². The van der Waals surface area contributed by atoms with E-state index in [9.17, 15) is 19.1 Å². The summed E-state index contributed by atoms with van der Waals surface area (Å²) in [6.45, 7) is 5.18. The van der Waals surface area contributed by atoms with Crippen molar-refractivity contribution in [2.75, 3.05) is 33.8 Å².